The van der Waals surface area contributed by atoms with E-state index in [2.05, 4.69) is 9.98 Å². The molecule has 0 amide bonds. The van der Waals surface area contributed by atoms with E-state index < -0.39 is 0 Å². The van der Waals surface area contributed by atoms with Crippen LogP contribution in [0.25, 0.3) is 10.9 Å². The molecule has 1 heterocycles. The standard InChI is InChI=1S/C16H12N2O/c19-15-9-7-13(8-10-15)17-11-14-6-5-12-3-1-2-4-16(12)18-14/h1-11,19H. The summed E-state index contributed by atoms with van der Waals surface area (Å²) < 4.78 is 0. The van der Waals surface area contributed by atoms with Crippen molar-refractivity contribution < 1.29 is 5.11 Å². The zero-order valence-corrected chi connectivity index (χ0v) is 10.2. The number of rotatable bonds is 2. The Bertz CT molecular complexity index is 733. The number of benzene rings is 2. The van der Waals surface area contributed by atoms with E-state index in [1.54, 1.807) is 30.5 Å². The summed E-state index contributed by atoms with van der Waals surface area (Å²) in [6.07, 6.45) is 1.72. The summed E-state index contributed by atoms with van der Waals surface area (Å²) in [5, 5.41) is 10.3. The second-order valence-electron chi connectivity index (χ2n) is 4.20. The highest BCUT2D eigenvalue weighted by Gasteiger charge is 1.95. The van der Waals surface area contributed by atoms with Crippen LogP contribution in [0.4, 0.5) is 5.69 Å². The SMILES string of the molecule is Oc1ccc(N=Cc2ccc3ccccc3n2)cc1. The minimum absolute atomic E-state index is 0.239. The number of aromatic nitrogens is 1. The summed E-state index contributed by atoms with van der Waals surface area (Å²) in [5.41, 5.74) is 2.55. The van der Waals surface area contributed by atoms with E-state index in [1.165, 1.54) is 0 Å². The van der Waals surface area contributed by atoms with Gasteiger partial charge in [0.25, 0.3) is 0 Å². The maximum atomic E-state index is 9.20. The molecule has 3 aromatic rings. The molecular weight excluding hydrogens is 236 g/mol. The number of para-hydroxylation sites is 1. The largest absolute Gasteiger partial charge is 0.508 e. The molecule has 0 aliphatic rings. The second kappa shape index (κ2) is 4.90. The molecule has 19 heavy (non-hydrogen) atoms. The molecule has 2 aromatic carbocycles. The average Bonchev–Trinajstić information content (AvgIpc) is 2.46. The van der Waals surface area contributed by atoms with E-state index in [4.69, 9.17) is 0 Å². The van der Waals surface area contributed by atoms with Gasteiger partial charge in [-0.1, -0.05) is 24.3 Å². The Morgan fingerprint density at radius 2 is 1.68 bits per heavy atom. The predicted molar refractivity (Wildman–Crippen MR) is 77.1 cm³/mol. The third-order valence-corrected chi connectivity index (χ3v) is 2.82. The summed E-state index contributed by atoms with van der Waals surface area (Å²) in [7, 11) is 0. The van der Waals surface area contributed by atoms with Crippen LogP contribution in [-0.2, 0) is 0 Å². The maximum absolute atomic E-state index is 9.20. The Hall–Kier alpha value is -2.68. The van der Waals surface area contributed by atoms with Gasteiger partial charge in [-0.15, -0.1) is 0 Å². The number of phenolic OH excluding ortho intramolecular Hbond substituents is 1. The van der Waals surface area contributed by atoms with E-state index in [0.717, 1.165) is 22.3 Å². The molecule has 1 N–H and O–H groups in total. The van der Waals surface area contributed by atoms with Gasteiger partial charge in [-0.25, -0.2) is 4.98 Å². The number of aliphatic imine (C=N–C) groups is 1. The van der Waals surface area contributed by atoms with Gasteiger partial charge in [0, 0.05) is 5.39 Å². The zero-order chi connectivity index (χ0) is 13.1. The number of fused-ring (bicyclic) bond motifs is 1. The van der Waals surface area contributed by atoms with Crippen LogP contribution >= 0.6 is 0 Å². The molecule has 0 aliphatic carbocycles. The minimum Gasteiger partial charge on any atom is -0.508 e. The Morgan fingerprint density at radius 1 is 0.895 bits per heavy atom. The van der Waals surface area contributed by atoms with Crippen molar-refractivity contribution in [2.45, 2.75) is 0 Å². The van der Waals surface area contributed by atoms with Crippen LogP contribution in [0.15, 0.2) is 65.7 Å². The molecule has 0 fully saturated rings. The fraction of sp³-hybridized carbons (Fsp3) is 0. The molecule has 0 unspecified atom stereocenters. The molecule has 0 saturated heterocycles. The first-order chi connectivity index (χ1) is 9.31. The number of hydrogen-bond acceptors (Lipinski definition) is 3. The van der Waals surface area contributed by atoms with E-state index in [1.807, 2.05) is 36.4 Å². The van der Waals surface area contributed by atoms with Gasteiger partial charge in [0.2, 0.25) is 0 Å². The van der Waals surface area contributed by atoms with Crippen molar-refractivity contribution >= 4 is 22.8 Å². The first-order valence-electron chi connectivity index (χ1n) is 6.00. The van der Waals surface area contributed by atoms with E-state index in [-0.39, 0.29) is 5.75 Å². The van der Waals surface area contributed by atoms with Gasteiger partial charge in [-0.05, 0) is 36.4 Å². The molecule has 0 radical (unpaired) electrons. The van der Waals surface area contributed by atoms with Crippen LogP contribution in [0.3, 0.4) is 0 Å². The van der Waals surface area contributed by atoms with Crippen molar-refractivity contribution in [1.82, 2.24) is 4.98 Å². The molecule has 92 valence electrons. The van der Waals surface area contributed by atoms with Crippen LogP contribution in [0.5, 0.6) is 5.75 Å². The Morgan fingerprint density at radius 3 is 2.53 bits per heavy atom. The summed E-state index contributed by atoms with van der Waals surface area (Å²) in [6, 6.07) is 18.7. The first-order valence-corrected chi connectivity index (χ1v) is 6.00. The first kappa shape index (κ1) is 11.4. The van der Waals surface area contributed by atoms with Crippen LogP contribution in [0, 0.1) is 0 Å². The van der Waals surface area contributed by atoms with Crippen molar-refractivity contribution in [3.05, 3.63) is 66.4 Å². The number of pyridine rings is 1. The Kier molecular flexibility index (Phi) is 2.94. The van der Waals surface area contributed by atoms with Gasteiger partial charge < -0.3 is 5.11 Å². The highest BCUT2D eigenvalue weighted by atomic mass is 16.3. The quantitative estimate of drug-likeness (QED) is 0.703. The lowest BCUT2D eigenvalue weighted by molar-refractivity contribution is 0.475. The lowest BCUT2D eigenvalue weighted by atomic mass is 10.2. The molecule has 0 saturated carbocycles. The number of hydrogen-bond donors (Lipinski definition) is 1. The highest BCUT2D eigenvalue weighted by Crippen LogP contribution is 2.17. The molecular formula is C16H12N2O. The van der Waals surface area contributed by atoms with E-state index in [0.29, 0.717) is 0 Å². The lowest BCUT2D eigenvalue weighted by Gasteiger charge is -1.98. The van der Waals surface area contributed by atoms with Gasteiger partial charge in [0.1, 0.15) is 5.75 Å². The lowest BCUT2D eigenvalue weighted by Crippen LogP contribution is -1.87. The van der Waals surface area contributed by atoms with Gasteiger partial charge in [-0.2, -0.15) is 0 Å². The fourth-order valence-electron chi connectivity index (χ4n) is 1.83. The molecule has 1 aromatic heterocycles. The molecule has 0 bridgehead atoms. The monoisotopic (exact) mass is 248 g/mol. The summed E-state index contributed by atoms with van der Waals surface area (Å²) in [5.74, 6) is 0.239. The van der Waals surface area contributed by atoms with Gasteiger partial charge in [0.05, 0.1) is 23.1 Å². The van der Waals surface area contributed by atoms with Crippen molar-refractivity contribution in [1.29, 1.82) is 0 Å². The third-order valence-electron chi connectivity index (χ3n) is 2.82. The normalized spacial score (nSPS) is 11.2. The van der Waals surface area contributed by atoms with Gasteiger partial charge in [0.15, 0.2) is 0 Å². The number of aromatic hydroxyl groups is 1. The van der Waals surface area contributed by atoms with Crippen molar-refractivity contribution in [3.8, 4) is 5.75 Å². The Balaban J connectivity index is 1.90. The summed E-state index contributed by atoms with van der Waals surface area (Å²) >= 11 is 0. The topological polar surface area (TPSA) is 45.5 Å². The molecule has 0 aliphatic heterocycles. The average molecular weight is 248 g/mol. The smallest absolute Gasteiger partial charge is 0.115 e. The predicted octanol–water partition coefficient (Wildman–Crippen LogP) is 3.69. The molecule has 3 rings (SSSR count). The highest BCUT2D eigenvalue weighted by molar-refractivity contribution is 5.86. The maximum Gasteiger partial charge on any atom is 0.115 e. The van der Waals surface area contributed by atoms with Crippen molar-refractivity contribution in [3.63, 3.8) is 0 Å². The van der Waals surface area contributed by atoms with Gasteiger partial charge >= 0.3 is 0 Å². The van der Waals surface area contributed by atoms with Crippen molar-refractivity contribution in [2.75, 3.05) is 0 Å². The third kappa shape index (κ3) is 2.60. The molecule has 0 spiro atoms. The van der Waals surface area contributed by atoms with E-state index >= 15 is 0 Å². The molecule has 3 heteroatoms. The van der Waals surface area contributed by atoms with Gasteiger partial charge in [-0.3, -0.25) is 4.99 Å². The fourth-order valence-corrected chi connectivity index (χ4v) is 1.83. The summed E-state index contributed by atoms with van der Waals surface area (Å²) in [4.78, 5) is 8.83. The molecule has 0 atom stereocenters. The summed E-state index contributed by atoms with van der Waals surface area (Å²) in [6.45, 7) is 0. The van der Waals surface area contributed by atoms with Crippen LogP contribution in [0.2, 0.25) is 0 Å². The van der Waals surface area contributed by atoms with E-state index in [9.17, 15) is 5.11 Å². The Labute approximate surface area is 110 Å². The minimum atomic E-state index is 0.239. The zero-order valence-electron chi connectivity index (χ0n) is 10.2. The molecule has 3 nitrogen and oxygen atoms in total. The van der Waals surface area contributed by atoms with Crippen LogP contribution in [-0.4, -0.2) is 16.3 Å². The second-order valence-corrected chi connectivity index (χ2v) is 4.20. The van der Waals surface area contributed by atoms with Crippen molar-refractivity contribution in [2.24, 2.45) is 4.99 Å². The number of nitrogens with zero attached hydrogens (tertiary/aromatic N) is 2. The van der Waals surface area contributed by atoms with Crippen LogP contribution < -0.4 is 0 Å². The van der Waals surface area contributed by atoms with Crippen LogP contribution in [0.1, 0.15) is 5.69 Å². The number of phenols is 1.